The van der Waals surface area contributed by atoms with Gasteiger partial charge in [-0.2, -0.15) is 0 Å². The van der Waals surface area contributed by atoms with Crippen molar-refractivity contribution in [2.75, 3.05) is 13.1 Å². The first-order chi connectivity index (χ1) is 13.8. The Morgan fingerprint density at radius 3 is 2.42 bits per heavy atom. The van der Waals surface area contributed by atoms with E-state index in [4.69, 9.17) is 21.1 Å². The van der Waals surface area contributed by atoms with Crippen molar-refractivity contribution in [2.24, 2.45) is 0 Å². The SMILES string of the molecule is O=C([O-])C1(C(=O)[O-])Oc2cccc(CCCNCC(O)c3cccc(Cl)c3)c2O1.[Ag+].[Ag+]. The first kappa shape index (κ1) is 27.7. The van der Waals surface area contributed by atoms with Gasteiger partial charge >= 0.3 is 50.5 Å². The average molecular weight is 636 g/mol. The number of aliphatic carboxylic acids is 2. The van der Waals surface area contributed by atoms with Crippen molar-refractivity contribution in [2.45, 2.75) is 24.7 Å². The molecule has 1 aliphatic heterocycles. The zero-order valence-corrected chi connectivity index (χ0v) is 19.5. The van der Waals surface area contributed by atoms with Gasteiger partial charge in [0.05, 0.1) is 6.10 Å². The smallest absolute Gasteiger partial charge is 0.542 e. The Balaban J connectivity index is 0.00000240. The number of aliphatic hydroxyl groups is 1. The molecule has 2 aromatic rings. The van der Waals surface area contributed by atoms with Crippen LogP contribution in [0.15, 0.2) is 42.5 Å². The molecule has 0 aromatic heterocycles. The number of rotatable bonds is 9. The van der Waals surface area contributed by atoms with Crippen molar-refractivity contribution in [1.29, 1.82) is 0 Å². The first-order valence-electron chi connectivity index (χ1n) is 8.90. The van der Waals surface area contributed by atoms with Crippen LogP contribution in [0.2, 0.25) is 5.02 Å². The molecular weight excluding hydrogens is 617 g/mol. The standard InChI is InChI=1S/C20H20ClNO7.2Ag/c21-14-7-1-5-13(10-14)15(23)11-22-9-3-6-12-4-2-8-16-17(12)29-20(28-16,18(24)25)19(26)27;;/h1-2,4-5,7-8,10,15,22-23H,3,6,9,11H2,(H,24,25)(H,26,27);;/q;2*+1/p-2. The van der Waals surface area contributed by atoms with Crippen LogP contribution < -0.4 is 25.0 Å². The molecule has 2 aromatic carbocycles. The van der Waals surface area contributed by atoms with E-state index in [2.05, 4.69) is 5.32 Å². The quantitative estimate of drug-likeness (QED) is 0.216. The predicted molar refractivity (Wildman–Crippen MR) is 98.0 cm³/mol. The van der Waals surface area contributed by atoms with Gasteiger partial charge in [0.2, 0.25) is 0 Å². The van der Waals surface area contributed by atoms with Gasteiger partial charge in [-0.05, 0) is 48.7 Å². The van der Waals surface area contributed by atoms with Crippen LogP contribution in [0.5, 0.6) is 11.5 Å². The molecule has 2 N–H and O–H groups in total. The van der Waals surface area contributed by atoms with Crippen LogP contribution >= 0.6 is 11.6 Å². The van der Waals surface area contributed by atoms with Crippen LogP contribution in [0.3, 0.4) is 0 Å². The number of carbonyl (C=O) groups excluding carboxylic acids is 2. The summed E-state index contributed by atoms with van der Waals surface area (Å²) in [6, 6.07) is 11.7. The number of hydrogen-bond donors (Lipinski definition) is 2. The van der Waals surface area contributed by atoms with Gasteiger partial charge in [-0.3, -0.25) is 0 Å². The number of aliphatic hydroxyl groups excluding tert-OH is 1. The summed E-state index contributed by atoms with van der Waals surface area (Å²) >= 11 is 5.91. The second-order valence-corrected chi connectivity index (χ2v) is 6.95. The predicted octanol–water partition coefficient (Wildman–Crippen LogP) is -0.442. The van der Waals surface area contributed by atoms with E-state index in [9.17, 15) is 24.9 Å². The molecule has 174 valence electrons. The van der Waals surface area contributed by atoms with Crippen LogP contribution in [0.1, 0.15) is 23.7 Å². The molecule has 0 radical (unpaired) electrons. The second kappa shape index (κ2) is 12.1. The Hall–Kier alpha value is -1.33. The zero-order valence-electron chi connectivity index (χ0n) is 15.8. The Morgan fingerprint density at radius 2 is 1.77 bits per heavy atom. The Bertz CT molecular complexity index is 914. The van der Waals surface area contributed by atoms with E-state index in [-0.39, 0.29) is 56.3 Å². The van der Waals surface area contributed by atoms with Crippen LogP contribution in [-0.4, -0.2) is 35.9 Å². The fourth-order valence-corrected chi connectivity index (χ4v) is 3.20. The summed E-state index contributed by atoms with van der Waals surface area (Å²) in [4.78, 5) is 22.4. The van der Waals surface area contributed by atoms with Crippen LogP contribution in [0.25, 0.3) is 0 Å². The molecule has 1 atom stereocenters. The van der Waals surface area contributed by atoms with Crippen molar-refractivity contribution < 1.29 is 79.1 Å². The molecule has 0 amide bonds. The topological polar surface area (TPSA) is 131 Å². The molecule has 1 unspecified atom stereocenters. The Morgan fingerprint density at radius 1 is 1.10 bits per heavy atom. The number of nitrogens with one attached hydrogen (secondary N) is 1. The summed E-state index contributed by atoms with van der Waals surface area (Å²) in [7, 11) is 0. The summed E-state index contributed by atoms with van der Waals surface area (Å²) in [5.41, 5.74) is 1.29. The van der Waals surface area contributed by atoms with Crippen molar-refractivity contribution in [3.8, 4) is 11.5 Å². The molecule has 0 saturated carbocycles. The third-order valence-electron chi connectivity index (χ3n) is 4.47. The third kappa shape index (κ3) is 6.35. The number of carboxylic acids is 2. The molecule has 0 aliphatic carbocycles. The number of aryl methyl sites for hydroxylation is 1. The Labute approximate surface area is 214 Å². The summed E-state index contributed by atoms with van der Waals surface area (Å²) in [6.07, 6.45) is 0.368. The van der Waals surface area contributed by atoms with E-state index in [0.717, 1.165) is 0 Å². The van der Waals surface area contributed by atoms with E-state index in [0.29, 0.717) is 42.1 Å². The number of hydrogen-bond acceptors (Lipinski definition) is 8. The van der Waals surface area contributed by atoms with Gasteiger partial charge in [0, 0.05) is 11.6 Å². The van der Waals surface area contributed by atoms with Gasteiger partial charge in [-0.15, -0.1) is 0 Å². The van der Waals surface area contributed by atoms with Gasteiger partial charge in [-0.1, -0.05) is 35.9 Å². The zero-order chi connectivity index (χ0) is 21.0. The molecule has 0 spiro atoms. The molecule has 0 bridgehead atoms. The van der Waals surface area contributed by atoms with E-state index in [1.807, 2.05) is 0 Å². The molecule has 0 saturated heterocycles. The number of fused-ring (bicyclic) bond motifs is 1. The first-order valence-corrected chi connectivity index (χ1v) is 9.28. The average Bonchev–Trinajstić information content (AvgIpc) is 3.10. The summed E-state index contributed by atoms with van der Waals surface area (Å²) < 4.78 is 10.1. The number of carboxylic acid groups (broad SMARTS) is 2. The van der Waals surface area contributed by atoms with Crippen molar-refractivity contribution in [3.63, 3.8) is 0 Å². The molecule has 0 fully saturated rings. The summed E-state index contributed by atoms with van der Waals surface area (Å²) in [5.74, 6) is -7.04. The van der Waals surface area contributed by atoms with E-state index in [1.165, 1.54) is 6.07 Å². The van der Waals surface area contributed by atoms with Gasteiger partial charge in [0.25, 0.3) is 0 Å². The minimum Gasteiger partial charge on any atom is -0.542 e. The molecule has 3 rings (SSSR count). The number of benzene rings is 2. The van der Waals surface area contributed by atoms with Crippen molar-refractivity contribution >= 4 is 23.5 Å². The molecule has 8 nitrogen and oxygen atoms in total. The second-order valence-electron chi connectivity index (χ2n) is 6.52. The molecule has 1 aliphatic rings. The minimum atomic E-state index is -2.99. The molecule has 1 heterocycles. The van der Waals surface area contributed by atoms with E-state index < -0.39 is 23.8 Å². The summed E-state index contributed by atoms with van der Waals surface area (Å²) in [6.45, 7) is 0.875. The van der Waals surface area contributed by atoms with Crippen molar-refractivity contribution in [3.05, 3.63) is 58.6 Å². The fraction of sp³-hybridized carbons (Fsp3) is 0.300. The minimum absolute atomic E-state index is 0. The number of ether oxygens (including phenoxy) is 2. The maximum Gasteiger partial charge on any atom is 1.00 e. The third-order valence-corrected chi connectivity index (χ3v) is 4.70. The fourth-order valence-electron chi connectivity index (χ4n) is 3.00. The van der Waals surface area contributed by atoms with E-state index >= 15 is 0 Å². The molecule has 11 heteroatoms. The number of para-hydroxylation sites is 1. The number of halogens is 1. The molecule has 31 heavy (non-hydrogen) atoms. The normalized spacial score (nSPS) is 14.1. The van der Waals surface area contributed by atoms with Gasteiger partial charge in [0.15, 0.2) is 11.5 Å². The van der Waals surface area contributed by atoms with Crippen molar-refractivity contribution in [1.82, 2.24) is 5.32 Å². The van der Waals surface area contributed by atoms with Crippen LogP contribution in [0.4, 0.5) is 0 Å². The van der Waals surface area contributed by atoms with Gasteiger partial charge in [-0.25, -0.2) is 0 Å². The maximum absolute atomic E-state index is 11.2. The maximum atomic E-state index is 11.2. The summed E-state index contributed by atoms with van der Waals surface area (Å²) in [5, 5.41) is 36.3. The molecular formula is C20H18Ag2ClNO7. The van der Waals surface area contributed by atoms with Gasteiger partial charge < -0.3 is 39.7 Å². The number of carbonyl (C=O) groups is 2. The largest absolute Gasteiger partial charge is 1.00 e. The van der Waals surface area contributed by atoms with Crippen LogP contribution in [0, 0.1) is 0 Å². The van der Waals surface area contributed by atoms with E-state index in [1.54, 1.807) is 36.4 Å². The Kier molecular flexibility index (Phi) is 10.8. The van der Waals surface area contributed by atoms with Crippen LogP contribution in [-0.2, 0) is 60.8 Å². The van der Waals surface area contributed by atoms with Gasteiger partial charge in [0.1, 0.15) is 11.9 Å². The monoisotopic (exact) mass is 633 g/mol.